The van der Waals surface area contributed by atoms with E-state index in [1.165, 1.54) is 12.1 Å². The van der Waals surface area contributed by atoms with Gasteiger partial charge in [0.15, 0.2) is 0 Å². The highest BCUT2D eigenvalue weighted by atomic mass is 19.1. The molecule has 0 fully saturated rings. The molecule has 0 unspecified atom stereocenters. The van der Waals surface area contributed by atoms with Crippen LogP contribution in [0.25, 0.3) is 0 Å². The standard InChI is InChI=1S/C21H25FN2O2/c1-15(2)20(24-19(25)14-17-6-4-3-5-7-17)21(26)23-13-12-16-8-10-18(22)11-9-16/h3-11,15,20H,12-14H2,1-2H3,(H,23,26)(H,24,25)/t20-/m0/s1. The third-order valence-electron chi connectivity index (χ3n) is 4.10. The molecular formula is C21H25FN2O2. The van der Waals surface area contributed by atoms with E-state index in [0.29, 0.717) is 13.0 Å². The number of carbonyl (C=O) groups excluding carboxylic acids is 2. The van der Waals surface area contributed by atoms with Crippen LogP contribution in [0.1, 0.15) is 25.0 Å². The van der Waals surface area contributed by atoms with Crippen molar-refractivity contribution in [2.75, 3.05) is 6.54 Å². The maximum atomic E-state index is 12.9. The van der Waals surface area contributed by atoms with E-state index in [1.54, 1.807) is 12.1 Å². The van der Waals surface area contributed by atoms with Crippen LogP contribution in [0.3, 0.4) is 0 Å². The first kappa shape index (κ1) is 19.6. The van der Waals surface area contributed by atoms with Crippen LogP contribution < -0.4 is 10.6 Å². The molecule has 0 aliphatic rings. The average Bonchev–Trinajstić information content (AvgIpc) is 2.62. The predicted octanol–water partition coefficient (Wildman–Crippen LogP) is 2.87. The molecule has 0 bridgehead atoms. The lowest BCUT2D eigenvalue weighted by atomic mass is 10.0. The predicted molar refractivity (Wildman–Crippen MR) is 100 cm³/mol. The number of halogens is 1. The molecule has 0 saturated carbocycles. The average molecular weight is 356 g/mol. The number of nitrogens with one attached hydrogen (secondary N) is 2. The van der Waals surface area contributed by atoms with Crippen LogP contribution in [0.4, 0.5) is 4.39 Å². The van der Waals surface area contributed by atoms with Crippen molar-refractivity contribution in [3.05, 3.63) is 71.5 Å². The second-order valence-electron chi connectivity index (χ2n) is 6.62. The SMILES string of the molecule is CC(C)[C@H](NC(=O)Cc1ccccc1)C(=O)NCCc1ccc(F)cc1. The molecule has 0 aliphatic carbocycles. The molecule has 0 aliphatic heterocycles. The van der Waals surface area contributed by atoms with Gasteiger partial charge in [0, 0.05) is 6.54 Å². The van der Waals surface area contributed by atoms with Gasteiger partial charge >= 0.3 is 0 Å². The van der Waals surface area contributed by atoms with Crippen LogP contribution in [0, 0.1) is 11.7 Å². The molecule has 0 heterocycles. The van der Waals surface area contributed by atoms with Crippen LogP contribution in [0.15, 0.2) is 54.6 Å². The van der Waals surface area contributed by atoms with E-state index in [1.807, 2.05) is 44.2 Å². The number of amides is 2. The van der Waals surface area contributed by atoms with Gasteiger partial charge in [0.1, 0.15) is 11.9 Å². The van der Waals surface area contributed by atoms with Crippen molar-refractivity contribution in [1.29, 1.82) is 0 Å². The molecule has 2 rings (SSSR count). The molecule has 2 aromatic carbocycles. The van der Waals surface area contributed by atoms with Crippen molar-refractivity contribution in [1.82, 2.24) is 10.6 Å². The maximum Gasteiger partial charge on any atom is 0.242 e. The Kier molecular flexibility index (Phi) is 7.33. The summed E-state index contributed by atoms with van der Waals surface area (Å²) >= 11 is 0. The quantitative estimate of drug-likeness (QED) is 0.764. The monoisotopic (exact) mass is 356 g/mol. The van der Waals surface area contributed by atoms with Crippen LogP contribution in [-0.4, -0.2) is 24.4 Å². The smallest absolute Gasteiger partial charge is 0.242 e. The number of carbonyl (C=O) groups is 2. The number of hydrogen-bond acceptors (Lipinski definition) is 2. The molecule has 4 nitrogen and oxygen atoms in total. The van der Waals surface area contributed by atoms with Gasteiger partial charge in [0.2, 0.25) is 11.8 Å². The maximum absolute atomic E-state index is 12.9. The Hall–Kier alpha value is -2.69. The molecule has 0 saturated heterocycles. The first-order chi connectivity index (χ1) is 12.5. The molecule has 0 radical (unpaired) electrons. The van der Waals surface area contributed by atoms with Crippen molar-refractivity contribution in [3.63, 3.8) is 0 Å². The molecule has 0 spiro atoms. The summed E-state index contributed by atoms with van der Waals surface area (Å²) < 4.78 is 12.9. The molecule has 5 heteroatoms. The van der Waals surface area contributed by atoms with Crippen LogP contribution >= 0.6 is 0 Å². The van der Waals surface area contributed by atoms with Gasteiger partial charge in [-0.3, -0.25) is 9.59 Å². The van der Waals surface area contributed by atoms with Crippen molar-refractivity contribution in [2.45, 2.75) is 32.7 Å². The second kappa shape index (κ2) is 9.70. The molecule has 26 heavy (non-hydrogen) atoms. The van der Waals surface area contributed by atoms with Gasteiger partial charge in [-0.25, -0.2) is 4.39 Å². The molecule has 2 aromatic rings. The van der Waals surface area contributed by atoms with Crippen LogP contribution in [0.5, 0.6) is 0 Å². The molecule has 0 aromatic heterocycles. The van der Waals surface area contributed by atoms with Crippen molar-refractivity contribution in [3.8, 4) is 0 Å². The molecule has 138 valence electrons. The molecule has 2 amide bonds. The van der Waals surface area contributed by atoms with Gasteiger partial charge in [0.25, 0.3) is 0 Å². The lowest BCUT2D eigenvalue weighted by Gasteiger charge is -2.22. The minimum absolute atomic E-state index is 0.0273. The molecule has 2 N–H and O–H groups in total. The van der Waals surface area contributed by atoms with E-state index in [4.69, 9.17) is 0 Å². The summed E-state index contributed by atoms with van der Waals surface area (Å²) in [6, 6.07) is 15.0. The molecule has 1 atom stereocenters. The number of rotatable bonds is 8. The highest BCUT2D eigenvalue weighted by molar-refractivity contribution is 5.88. The van der Waals surface area contributed by atoms with Crippen LogP contribution in [0.2, 0.25) is 0 Å². The highest BCUT2D eigenvalue weighted by Crippen LogP contribution is 2.06. The minimum Gasteiger partial charge on any atom is -0.354 e. The number of hydrogen-bond donors (Lipinski definition) is 2. The summed E-state index contributed by atoms with van der Waals surface area (Å²) in [5.41, 5.74) is 1.85. The summed E-state index contributed by atoms with van der Waals surface area (Å²) in [5, 5.41) is 5.67. The Morgan fingerprint density at radius 2 is 1.62 bits per heavy atom. The lowest BCUT2D eigenvalue weighted by molar-refractivity contribution is -0.129. The van der Waals surface area contributed by atoms with Gasteiger partial charge in [0.05, 0.1) is 6.42 Å². The van der Waals surface area contributed by atoms with E-state index in [9.17, 15) is 14.0 Å². The largest absolute Gasteiger partial charge is 0.354 e. The second-order valence-corrected chi connectivity index (χ2v) is 6.62. The van der Waals surface area contributed by atoms with Gasteiger partial charge in [-0.05, 0) is 35.6 Å². The Labute approximate surface area is 153 Å². The summed E-state index contributed by atoms with van der Waals surface area (Å²) in [6.07, 6.45) is 0.849. The number of benzene rings is 2. The van der Waals surface area contributed by atoms with E-state index in [-0.39, 0.29) is 30.0 Å². The van der Waals surface area contributed by atoms with Crippen molar-refractivity contribution < 1.29 is 14.0 Å². The zero-order chi connectivity index (χ0) is 18.9. The third kappa shape index (κ3) is 6.31. The summed E-state index contributed by atoms with van der Waals surface area (Å²) in [6.45, 7) is 4.22. The Morgan fingerprint density at radius 1 is 0.962 bits per heavy atom. The van der Waals surface area contributed by atoms with Crippen molar-refractivity contribution in [2.24, 2.45) is 5.92 Å². The Balaban J connectivity index is 1.84. The van der Waals surface area contributed by atoms with Gasteiger partial charge < -0.3 is 10.6 Å². The first-order valence-electron chi connectivity index (χ1n) is 8.81. The fraction of sp³-hybridized carbons (Fsp3) is 0.333. The summed E-state index contributed by atoms with van der Waals surface area (Å²) in [7, 11) is 0. The Bertz CT molecular complexity index is 715. The van der Waals surface area contributed by atoms with E-state index >= 15 is 0 Å². The zero-order valence-corrected chi connectivity index (χ0v) is 15.2. The summed E-state index contributed by atoms with van der Waals surface area (Å²) in [4.78, 5) is 24.7. The fourth-order valence-corrected chi connectivity index (χ4v) is 2.63. The normalized spacial score (nSPS) is 11.8. The van der Waals surface area contributed by atoms with Crippen molar-refractivity contribution >= 4 is 11.8 Å². The van der Waals surface area contributed by atoms with E-state index in [2.05, 4.69) is 10.6 Å². The topological polar surface area (TPSA) is 58.2 Å². The van der Waals surface area contributed by atoms with E-state index < -0.39 is 6.04 Å². The zero-order valence-electron chi connectivity index (χ0n) is 15.2. The third-order valence-corrected chi connectivity index (χ3v) is 4.10. The van der Waals surface area contributed by atoms with Gasteiger partial charge in [-0.15, -0.1) is 0 Å². The van der Waals surface area contributed by atoms with E-state index in [0.717, 1.165) is 11.1 Å². The fourth-order valence-electron chi connectivity index (χ4n) is 2.63. The van der Waals surface area contributed by atoms with Crippen LogP contribution in [-0.2, 0) is 22.4 Å². The lowest BCUT2D eigenvalue weighted by Crippen LogP contribution is -2.50. The minimum atomic E-state index is -0.584. The Morgan fingerprint density at radius 3 is 2.23 bits per heavy atom. The summed E-state index contributed by atoms with van der Waals surface area (Å²) in [5.74, 6) is -0.688. The highest BCUT2D eigenvalue weighted by Gasteiger charge is 2.23. The van der Waals surface area contributed by atoms with Gasteiger partial charge in [-0.2, -0.15) is 0 Å². The van der Waals surface area contributed by atoms with Gasteiger partial charge in [-0.1, -0.05) is 56.3 Å². The molecular weight excluding hydrogens is 331 g/mol. The first-order valence-corrected chi connectivity index (χ1v) is 8.81.